The van der Waals surface area contributed by atoms with E-state index >= 15 is 0 Å². The van der Waals surface area contributed by atoms with Crippen LogP contribution in [-0.4, -0.2) is 26.7 Å². The van der Waals surface area contributed by atoms with E-state index in [0.717, 1.165) is 29.1 Å². The Morgan fingerprint density at radius 1 is 1.21 bits per heavy atom. The molecule has 1 amide bonds. The van der Waals surface area contributed by atoms with Crippen LogP contribution in [0.4, 0.5) is 0 Å². The van der Waals surface area contributed by atoms with E-state index in [-0.39, 0.29) is 5.91 Å². The zero-order chi connectivity index (χ0) is 20.2. The zero-order valence-corrected chi connectivity index (χ0v) is 17.4. The molecule has 7 heteroatoms. The standard InChI is InChI=1S/C22H21ClN4OS/c1-2-13-27-20(18-9-5-6-10-19(18)23)25-26-22(27)29-14-15-7-3-4-8-17(15)21(28)24-16-11-12-16/h2-10,16H,1,11-14H2,(H,24,28). The third kappa shape index (κ3) is 4.54. The fraction of sp³-hybridized carbons (Fsp3) is 0.227. The molecular weight excluding hydrogens is 404 g/mol. The van der Waals surface area contributed by atoms with Crippen molar-refractivity contribution < 1.29 is 4.79 Å². The van der Waals surface area contributed by atoms with Crippen molar-refractivity contribution >= 4 is 29.3 Å². The summed E-state index contributed by atoms with van der Waals surface area (Å²) in [5, 5.41) is 13.2. The molecule has 4 rings (SSSR count). The van der Waals surface area contributed by atoms with E-state index in [4.69, 9.17) is 11.6 Å². The van der Waals surface area contributed by atoms with Crippen LogP contribution in [0.2, 0.25) is 5.02 Å². The van der Waals surface area contributed by atoms with Crippen molar-refractivity contribution in [3.05, 3.63) is 77.3 Å². The van der Waals surface area contributed by atoms with E-state index < -0.39 is 0 Å². The van der Waals surface area contributed by atoms with Gasteiger partial charge in [-0.25, -0.2) is 0 Å². The number of nitrogens with zero attached hydrogens (tertiary/aromatic N) is 3. The van der Waals surface area contributed by atoms with Crippen LogP contribution in [0.3, 0.4) is 0 Å². The number of amides is 1. The Morgan fingerprint density at radius 3 is 2.72 bits per heavy atom. The molecule has 1 N–H and O–H groups in total. The summed E-state index contributed by atoms with van der Waals surface area (Å²) in [4.78, 5) is 12.5. The molecule has 0 unspecified atom stereocenters. The number of hydrogen-bond acceptors (Lipinski definition) is 4. The number of carbonyl (C=O) groups is 1. The third-order valence-electron chi connectivity index (χ3n) is 4.67. The van der Waals surface area contributed by atoms with Crippen LogP contribution in [0.5, 0.6) is 0 Å². The molecule has 0 atom stereocenters. The monoisotopic (exact) mass is 424 g/mol. The summed E-state index contributed by atoms with van der Waals surface area (Å²) in [5.74, 6) is 1.32. The first-order chi connectivity index (χ1) is 14.2. The minimum absolute atomic E-state index is 0.00647. The Bertz CT molecular complexity index is 1040. The summed E-state index contributed by atoms with van der Waals surface area (Å²) in [6.45, 7) is 4.42. The Labute approximate surface area is 179 Å². The van der Waals surface area contributed by atoms with Crippen molar-refractivity contribution in [2.45, 2.75) is 36.3 Å². The van der Waals surface area contributed by atoms with Crippen LogP contribution in [0.15, 0.2) is 66.3 Å². The number of carbonyl (C=O) groups excluding carboxylic acids is 1. The second kappa shape index (κ2) is 8.84. The largest absolute Gasteiger partial charge is 0.349 e. The van der Waals surface area contributed by atoms with Gasteiger partial charge in [-0.1, -0.05) is 59.8 Å². The summed E-state index contributed by atoms with van der Waals surface area (Å²) in [6.07, 6.45) is 3.95. The van der Waals surface area contributed by atoms with Crippen LogP contribution < -0.4 is 5.32 Å². The molecular formula is C22H21ClN4OS. The number of thioether (sulfide) groups is 1. The Morgan fingerprint density at radius 2 is 1.97 bits per heavy atom. The van der Waals surface area contributed by atoms with Gasteiger partial charge in [0, 0.05) is 29.5 Å². The molecule has 148 valence electrons. The third-order valence-corrected chi connectivity index (χ3v) is 6.02. The highest BCUT2D eigenvalue weighted by Crippen LogP contribution is 2.31. The van der Waals surface area contributed by atoms with Crippen molar-refractivity contribution in [3.8, 4) is 11.4 Å². The topological polar surface area (TPSA) is 59.8 Å². The smallest absolute Gasteiger partial charge is 0.251 e. The highest BCUT2D eigenvalue weighted by molar-refractivity contribution is 7.98. The second-order valence-corrected chi connectivity index (χ2v) is 8.23. The van der Waals surface area contributed by atoms with Gasteiger partial charge in [0.25, 0.3) is 5.91 Å². The lowest BCUT2D eigenvalue weighted by Gasteiger charge is -2.11. The van der Waals surface area contributed by atoms with Crippen LogP contribution in [0.1, 0.15) is 28.8 Å². The fourth-order valence-electron chi connectivity index (χ4n) is 3.03. The van der Waals surface area contributed by atoms with Crippen molar-refractivity contribution in [2.24, 2.45) is 0 Å². The van der Waals surface area contributed by atoms with Gasteiger partial charge in [0.1, 0.15) is 0 Å². The summed E-state index contributed by atoms with van der Waals surface area (Å²) < 4.78 is 1.99. The highest BCUT2D eigenvalue weighted by Gasteiger charge is 2.25. The molecule has 5 nitrogen and oxygen atoms in total. The summed E-state index contributed by atoms with van der Waals surface area (Å²) in [6, 6.07) is 15.6. The molecule has 0 radical (unpaired) electrons. The van der Waals surface area contributed by atoms with Gasteiger partial charge in [-0.2, -0.15) is 0 Å². The number of allylic oxidation sites excluding steroid dienone is 1. The first-order valence-corrected chi connectivity index (χ1v) is 10.8. The van der Waals surface area contributed by atoms with Gasteiger partial charge in [0.2, 0.25) is 0 Å². The lowest BCUT2D eigenvalue weighted by molar-refractivity contribution is 0.0950. The lowest BCUT2D eigenvalue weighted by atomic mass is 10.1. The van der Waals surface area contributed by atoms with Crippen LogP contribution in [-0.2, 0) is 12.3 Å². The second-order valence-electron chi connectivity index (χ2n) is 6.88. The van der Waals surface area contributed by atoms with Crippen molar-refractivity contribution in [2.75, 3.05) is 0 Å². The molecule has 1 saturated carbocycles. The Kier molecular flexibility index (Phi) is 6.02. The first-order valence-electron chi connectivity index (χ1n) is 9.48. The predicted octanol–water partition coefficient (Wildman–Crippen LogP) is 4.97. The van der Waals surface area contributed by atoms with E-state index in [2.05, 4.69) is 22.1 Å². The van der Waals surface area contributed by atoms with Crippen molar-refractivity contribution in [1.29, 1.82) is 0 Å². The van der Waals surface area contributed by atoms with Crippen molar-refractivity contribution in [1.82, 2.24) is 20.1 Å². The molecule has 0 bridgehead atoms. The van der Waals surface area contributed by atoms with Gasteiger partial charge in [-0.15, -0.1) is 16.8 Å². The number of rotatable bonds is 8. The van der Waals surface area contributed by atoms with Gasteiger partial charge < -0.3 is 5.32 Å². The normalized spacial score (nSPS) is 13.3. The molecule has 0 spiro atoms. The number of aromatic nitrogens is 3. The maximum absolute atomic E-state index is 12.5. The Balaban J connectivity index is 1.57. The lowest BCUT2D eigenvalue weighted by Crippen LogP contribution is -2.26. The van der Waals surface area contributed by atoms with E-state index in [0.29, 0.717) is 34.7 Å². The highest BCUT2D eigenvalue weighted by atomic mass is 35.5. The van der Waals surface area contributed by atoms with E-state index in [9.17, 15) is 4.79 Å². The first kappa shape index (κ1) is 19.7. The Hall–Kier alpha value is -2.57. The molecule has 0 saturated heterocycles. The number of halogens is 1. The fourth-order valence-corrected chi connectivity index (χ4v) is 4.20. The minimum atomic E-state index is -0.00647. The molecule has 0 aliphatic heterocycles. The number of benzene rings is 2. The van der Waals surface area contributed by atoms with E-state index in [1.54, 1.807) is 11.8 Å². The molecule has 1 aliphatic carbocycles. The number of nitrogens with one attached hydrogen (secondary N) is 1. The van der Waals surface area contributed by atoms with Crippen LogP contribution >= 0.6 is 23.4 Å². The van der Waals surface area contributed by atoms with E-state index in [1.165, 1.54) is 0 Å². The SMILES string of the molecule is C=CCn1c(SCc2ccccc2C(=O)NC2CC2)nnc1-c1ccccc1Cl. The molecule has 1 fully saturated rings. The maximum Gasteiger partial charge on any atom is 0.251 e. The quantitative estimate of drug-likeness (QED) is 0.409. The predicted molar refractivity (Wildman–Crippen MR) is 117 cm³/mol. The van der Waals surface area contributed by atoms with Gasteiger partial charge in [-0.05, 0) is 36.6 Å². The average molecular weight is 425 g/mol. The van der Waals surface area contributed by atoms with Crippen molar-refractivity contribution in [3.63, 3.8) is 0 Å². The molecule has 1 heterocycles. The molecule has 1 aromatic heterocycles. The molecule has 29 heavy (non-hydrogen) atoms. The van der Waals surface area contributed by atoms with Gasteiger partial charge in [-0.3, -0.25) is 9.36 Å². The minimum Gasteiger partial charge on any atom is -0.349 e. The number of hydrogen-bond donors (Lipinski definition) is 1. The molecule has 1 aliphatic rings. The summed E-state index contributed by atoms with van der Waals surface area (Å²) >= 11 is 7.90. The summed E-state index contributed by atoms with van der Waals surface area (Å²) in [7, 11) is 0. The van der Waals surface area contributed by atoms with Gasteiger partial charge in [0.05, 0.1) is 5.02 Å². The van der Waals surface area contributed by atoms with E-state index in [1.807, 2.05) is 59.2 Å². The summed E-state index contributed by atoms with van der Waals surface area (Å²) in [5.41, 5.74) is 2.52. The maximum atomic E-state index is 12.5. The van der Waals surface area contributed by atoms with Gasteiger partial charge >= 0.3 is 0 Å². The van der Waals surface area contributed by atoms with Gasteiger partial charge in [0.15, 0.2) is 11.0 Å². The molecule has 3 aromatic rings. The van der Waals surface area contributed by atoms with Crippen LogP contribution in [0.25, 0.3) is 11.4 Å². The average Bonchev–Trinajstić information content (AvgIpc) is 3.46. The zero-order valence-electron chi connectivity index (χ0n) is 15.8. The van der Waals surface area contributed by atoms with Crippen LogP contribution in [0, 0.1) is 0 Å². The molecule has 2 aromatic carbocycles.